The molecular formula is C24H18BrN5O2. The highest BCUT2D eigenvalue weighted by Crippen LogP contribution is 2.32. The fourth-order valence-electron chi connectivity index (χ4n) is 3.48. The van der Waals surface area contributed by atoms with E-state index in [0.717, 1.165) is 43.5 Å². The van der Waals surface area contributed by atoms with Crippen LogP contribution in [0.4, 0.5) is 5.69 Å². The van der Waals surface area contributed by atoms with E-state index < -0.39 is 0 Å². The summed E-state index contributed by atoms with van der Waals surface area (Å²) in [5, 5.41) is 10.2. The van der Waals surface area contributed by atoms with E-state index in [-0.39, 0.29) is 12.3 Å². The minimum atomic E-state index is -0.111. The van der Waals surface area contributed by atoms with Crippen molar-refractivity contribution in [3.63, 3.8) is 0 Å². The molecule has 0 saturated carbocycles. The van der Waals surface area contributed by atoms with Crippen LogP contribution in [0.2, 0.25) is 0 Å². The van der Waals surface area contributed by atoms with E-state index in [1.165, 1.54) is 0 Å². The number of hydrogen-bond donors (Lipinski definition) is 2. The highest BCUT2D eigenvalue weighted by molar-refractivity contribution is 9.10. The maximum atomic E-state index is 12.4. The summed E-state index contributed by atoms with van der Waals surface area (Å²) >= 11 is 3.37. The first kappa shape index (κ1) is 20.1. The number of fused-ring (bicyclic) bond motifs is 1. The molecule has 0 aliphatic rings. The molecule has 0 bridgehead atoms. The zero-order chi connectivity index (χ0) is 22.1. The van der Waals surface area contributed by atoms with Crippen LogP contribution in [0.3, 0.4) is 0 Å². The molecule has 0 spiro atoms. The van der Waals surface area contributed by atoms with Crippen molar-refractivity contribution >= 4 is 38.6 Å². The number of carbonyl (C=O) groups excluding carboxylic acids is 1. The molecule has 0 atom stereocenters. The van der Waals surface area contributed by atoms with Crippen molar-refractivity contribution in [3.8, 4) is 22.7 Å². The molecule has 0 saturated heterocycles. The van der Waals surface area contributed by atoms with Crippen LogP contribution >= 0.6 is 15.9 Å². The Hall–Kier alpha value is -3.78. The van der Waals surface area contributed by atoms with E-state index in [4.69, 9.17) is 4.42 Å². The van der Waals surface area contributed by atoms with E-state index in [2.05, 4.69) is 41.4 Å². The van der Waals surface area contributed by atoms with Gasteiger partial charge in [0.1, 0.15) is 11.2 Å². The Bertz CT molecular complexity index is 1420. The summed E-state index contributed by atoms with van der Waals surface area (Å²) in [4.78, 5) is 21.1. The first-order chi connectivity index (χ1) is 15.5. The summed E-state index contributed by atoms with van der Waals surface area (Å²) < 4.78 is 6.78. The molecule has 7 nitrogen and oxygen atoms in total. The Balaban J connectivity index is 1.34. The van der Waals surface area contributed by atoms with Gasteiger partial charge in [0, 0.05) is 34.3 Å². The number of oxazole rings is 1. The monoisotopic (exact) mass is 487 g/mol. The Morgan fingerprint density at radius 2 is 1.97 bits per heavy atom. The number of aromatic amines is 1. The Kier molecular flexibility index (Phi) is 5.28. The van der Waals surface area contributed by atoms with Gasteiger partial charge in [0.05, 0.1) is 12.0 Å². The molecule has 0 fully saturated rings. The summed E-state index contributed by atoms with van der Waals surface area (Å²) in [7, 11) is 0. The Morgan fingerprint density at radius 1 is 1.12 bits per heavy atom. The van der Waals surface area contributed by atoms with Crippen molar-refractivity contribution in [3.05, 3.63) is 82.7 Å². The fraction of sp³-hybridized carbons (Fsp3) is 0.0833. The third-order valence-corrected chi connectivity index (χ3v) is 5.42. The lowest BCUT2D eigenvalue weighted by Gasteiger charge is -2.07. The number of amides is 1. The molecule has 158 valence electrons. The van der Waals surface area contributed by atoms with Gasteiger partial charge in [0.2, 0.25) is 11.8 Å². The van der Waals surface area contributed by atoms with Crippen LogP contribution in [0.15, 0.2) is 76.0 Å². The van der Waals surface area contributed by atoms with Crippen molar-refractivity contribution in [2.75, 3.05) is 5.32 Å². The highest BCUT2D eigenvalue weighted by atomic mass is 79.9. The third-order valence-electron chi connectivity index (χ3n) is 4.98. The van der Waals surface area contributed by atoms with Crippen molar-refractivity contribution in [2.45, 2.75) is 13.3 Å². The molecule has 3 aromatic heterocycles. The van der Waals surface area contributed by atoms with Gasteiger partial charge in [-0.2, -0.15) is 5.10 Å². The second kappa shape index (κ2) is 8.39. The Labute approximate surface area is 192 Å². The number of H-pyrrole nitrogens is 1. The van der Waals surface area contributed by atoms with Crippen molar-refractivity contribution < 1.29 is 9.21 Å². The molecule has 0 aliphatic carbocycles. The molecule has 8 heteroatoms. The molecule has 0 aliphatic heterocycles. The fourth-order valence-corrected chi connectivity index (χ4v) is 3.89. The zero-order valence-corrected chi connectivity index (χ0v) is 18.7. The summed E-state index contributed by atoms with van der Waals surface area (Å²) in [6.07, 6.45) is 5.38. The molecule has 0 radical (unpaired) electrons. The van der Waals surface area contributed by atoms with Gasteiger partial charge in [-0.05, 0) is 64.3 Å². The number of carbonyl (C=O) groups is 1. The molecule has 5 aromatic rings. The topological polar surface area (TPSA) is 96.7 Å². The van der Waals surface area contributed by atoms with Crippen molar-refractivity contribution in [2.24, 2.45) is 0 Å². The van der Waals surface area contributed by atoms with Gasteiger partial charge in [0.25, 0.3) is 0 Å². The predicted octanol–water partition coefficient (Wildman–Crippen LogP) is 5.53. The quantitative estimate of drug-likeness (QED) is 0.339. The summed E-state index contributed by atoms with van der Waals surface area (Å²) in [5.41, 5.74) is 6.60. The number of aryl methyl sites for hydroxylation is 1. The number of nitrogens with one attached hydrogen (secondary N) is 2. The first-order valence-corrected chi connectivity index (χ1v) is 10.8. The van der Waals surface area contributed by atoms with Gasteiger partial charge in [0.15, 0.2) is 5.58 Å². The minimum absolute atomic E-state index is 0.111. The van der Waals surface area contributed by atoms with Gasteiger partial charge < -0.3 is 9.73 Å². The Morgan fingerprint density at radius 3 is 2.78 bits per heavy atom. The van der Waals surface area contributed by atoms with Crippen LogP contribution in [0.25, 0.3) is 33.8 Å². The van der Waals surface area contributed by atoms with E-state index in [9.17, 15) is 4.79 Å². The van der Waals surface area contributed by atoms with Gasteiger partial charge in [-0.25, -0.2) is 4.98 Å². The van der Waals surface area contributed by atoms with E-state index in [1.807, 2.05) is 55.5 Å². The van der Waals surface area contributed by atoms with Crippen LogP contribution in [0, 0.1) is 6.92 Å². The largest absolute Gasteiger partial charge is 0.436 e. The van der Waals surface area contributed by atoms with Gasteiger partial charge in [-0.3, -0.25) is 14.9 Å². The van der Waals surface area contributed by atoms with Crippen LogP contribution < -0.4 is 5.32 Å². The highest BCUT2D eigenvalue weighted by Gasteiger charge is 2.16. The van der Waals surface area contributed by atoms with Crippen molar-refractivity contribution in [1.29, 1.82) is 0 Å². The first-order valence-electron chi connectivity index (χ1n) is 9.96. The standard InChI is InChI=1S/C24H18BrN5O2/c1-14-2-7-21-20(8-14)29-24(32-21)19-13-27-30-23(19)16-3-5-18(6-4-16)28-22(31)10-15-9-17(25)12-26-11-15/h2-9,11-13H,10H2,1H3,(H,27,30)(H,28,31). The molecule has 2 N–H and O–H groups in total. The van der Waals surface area contributed by atoms with Crippen molar-refractivity contribution in [1.82, 2.24) is 20.2 Å². The number of benzene rings is 2. The van der Waals surface area contributed by atoms with E-state index in [1.54, 1.807) is 18.6 Å². The molecular weight excluding hydrogens is 470 g/mol. The number of rotatable bonds is 5. The normalized spacial score (nSPS) is 11.1. The van der Waals surface area contributed by atoms with Gasteiger partial charge in [-0.1, -0.05) is 18.2 Å². The lowest BCUT2D eigenvalue weighted by atomic mass is 10.1. The maximum Gasteiger partial charge on any atom is 0.231 e. The van der Waals surface area contributed by atoms with Crippen LogP contribution in [-0.2, 0) is 11.2 Å². The van der Waals surface area contributed by atoms with Crippen LogP contribution in [0.5, 0.6) is 0 Å². The number of hydrogen-bond acceptors (Lipinski definition) is 5. The lowest BCUT2D eigenvalue weighted by Crippen LogP contribution is -2.14. The van der Waals surface area contributed by atoms with Gasteiger partial charge in [-0.15, -0.1) is 0 Å². The van der Waals surface area contributed by atoms with Crippen LogP contribution in [-0.4, -0.2) is 26.1 Å². The predicted molar refractivity (Wildman–Crippen MR) is 126 cm³/mol. The molecule has 3 heterocycles. The number of anilines is 1. The molecule has 32 heavy (non-hydrogen) atoms. The van der Waals surface area contributed by atoms with E-state index >= 15 is 0 Å². The number of pyridine rings is 1. The summed E-state index contributed by atoms with van der Waals surface area (Å²) in [6.45, 7) is 2.02. The maximum absolute atomic E-state index is 12.4. The van der Waals surface area contributed by atoms with Gasteiger partial charge >= 0.3 is 0 Å². The molecule has 0 unspecified atom stereocenters. The third kappa shape index (κ3) is 4.17. The molecule has 5 rings (SSSR count). The summed E-state index contributed by atoms with van der Waals surface area (Å²) in [6, 6.07) is 15.3. The minimum Gasteiger partial charge on any atom is -0.436 e. The number of aromatic nitrogens is 4. The lowest BCUT2D eigenvalue weighted by molar-refractivity contribution is -0.115. The average Bonchev–Trinajstić information content (AvgIpc) is 3.40. The number of nitrogens with zero attached hydrogens (tertiary/aromatic N) is 3. The smallest absolute Gasteiger partial charge is 0.231 e. The summed E-state index contributed by atoms with van der Waals surface area (Å²) in [5.74, 6) is 0.397. The molecule has 2 aromatic carbocycles. The number of halogens is 1. The molecule has 1 amide bonds. The zero-order valence-electron chi connectivity index (χ0n) is 17.1. The SMILES string of the molecule is Cc1ccc2oc(-c3c[nH]nc3-c3ccc(NC(=O)Cc4cncc(Br)c4)cc3)nc2c1. The van der Waals surface area contributed by atoms with Crippen LogP contribution in [0.1, 0.15) is 11.1 Å². The second-order valence-corrected chi connectivity index (χ2v) is 8.37. The average molecular weight is 488 g/mol. The second-order valence-electron chi connectivity index (χ2n) is 7.45. The van der Waals surface area contributed by atoms with E-state index in [0.29, 0.717) is 11.6 Å².